The number of hydrogen-bond acceptors (Lipinski definition) is 6. The first-order valence-corrected chi connectivity index (χ1v) is 6.12. The van der Waals surface area contributed by atoms with E-state index in [1.807, 2.05) is 5.32 Å². The summed E-state index contributed by atoms with van der Waals surface area (Å²) in [6.45, 7) is -0.197. The standard InChI is InChI=1S/C11H17N3O8/c12-5(3-8(16)17)10(20)13-2-1-7(15)14-6(11(21)22)4-9(18)19/h5-6H,1-4,12H2,(H,13,20)(H,14,15)(H,16,17)(H,18,19)(H,21,22)/t5-,6-/m0/s1. The van der Waals surface area contributed by atoms with Gasteiger partial charge in [-0.3, -0.25) is 19.2 Å². The van der Waals surface area contributed by atoms with Crippen molar-refractivity contribution in [3.05, 3.63) is 0 Å². The Morgan fingerprint density at radius 3 is 1.95 bits per heavy atom. The van der Waals surface area contributed by atoms with Crippen LogP contribution in [0.3, 0.4) is 0 Å². The topological polar surface area (TPSA) is 196 Å². The minimum absolute atomic E-state index is 0.197. The largest absolute Gasteiger partial charge is 0.481 e. The minimum atomic E-state index is -1.57. The molecule has 0 aliphatic carbocycles. The summed E-state index contributed by atoms with van der Waals surface area (Å²) in [5, 5.41) is 29.9. The molecule has 0 saturated heterocycles. The van der Waals surface area contributed by atoms with E-state index in [4.69, 9.17) is 21.1 Å². The molecule has 0 fully saturated rings. The van der Waals surface area contributed by atoms with Crippen LogP contribution in [0.4, 0.5) is 0 Å². The van der Waals surface area contributed by atoms with Gasteiger partial charge in [0.15, 0.2) is 0 Å². The normalized spacial score (nSPS) is 12.8. The summed E-state index contributed by atoms with van der Waals surface area (Å²) in [7, 11) is 0. The van der Waals surface area contributed by atoms with Gasteiger partial charge in [-0.15, -0.1) is 0 Å². The van der Waals surface area contributed by atoms with Crippen molar-refractivity contribution in [3.8, 4) is 0 Å². The lowest BCUT2D eigenvalue weighted by molar-refractivity contribution is -0.147. The Morgan fingerprint density at radius 1 is 0.955 bits per heavy atom. The van der Waals surface area contributed by atoms with E-state index in [0.717, 1.165) is 0 Å². The molecule has 0 spiro atoms. The van der Waals surface area contributed by atoms with E-state index in [9.17, 15) is 24.0 Å². The highest BCUT2D eigenvalue weighted by molar-refractivity contribution is 5.88. The fourth-order valence-corrected chi connectivity index (χ4v) is 1.35. The summed E-state index contributed by atoms with van der Waals surface area (Å²) < 4.78 is 0. The Hall–Kier alpha value is -2.69. The van der Waals surface area contributed by atoms with Gasteiger partial charge in [-0.05, 0) is 0 Å². The van der Waals surface area contributed by atoms with Gasteiger partial charge in [0.2, 0.25) is 11.8 Å². The van der Waals surface area contributed by atoms with E-state index in [-0.39, 0.29) is 13.0 Å². The quantitative estimate of drug-likeness (QED) is 0.249. The fraction of sp³-hybridized carbons (Fsp3) is 0.545. The van der Waals surface area contributed by atoms with E-state index < -0.39 is 54.6 Å². The molecule has 7 N–H and O–H groups in total. The Bertz CT molecular complexity index is 464. The molecule has 0 aliphatic rings. The van der Waals surface area contributed by atoms with Crippen LogP contribution >= 0.6 is 0 Å². The van der Waals surface area contributed by atoms with Crippen LogP contribution in [0.2, 0.25) is 0 Å². The Balaban J connectivity index is 4.17. The first-order chi connectivity index (χ1) is 10.1. The third-order valence-corrected chi connectivity index (χ3v) is 2.39. The second-order valence-electron chi connectivity index (χ2n) is 4.30. The van der Waals surface area contributed by atoms with Gasteiger partial charge in [-0.1, -0.05) is 0 Å². The number of nitrogens with one attached hydrogen (secondary N) is 2. The predicted molar refractivity (Wildman–Crippen MR) is 69.7 cm³/mol. The van der Waals surface area contributed by atoms with Crippen LogP contribution in [0, 0.1) is 0 Å². The minimum Gasteiger partial charge on any atom is -0.481 e. The van der Waals surface area contributed by atoms with Crippen LogP contribution < -0.4 is 16.4 Å². The van der Waals surface area contributed by atoms with E-state index in [2.05, 4.69) is 5.32 Å². The lowest BCUT2D eigenvalue weighted by Gasteiger charge is -2.13. The van der Waals surface area contributed by atoms with Crippen LogP contribution in [-0.2, 0) is 24.0 Å². The number of carbonyl (C=O) groups excluding carboxylic acids is 2. The zero-order chi connectivity index (χ0) is 17.3. The van der Waals surface area contributed by atoms with Crippen molar-refractivity contribution < 1.29 is 39.3 Å². The molecule has 0 aromatic heterocycles. The Kier molecular flexibility index (Phi) is 8.15. The summed E-state index contributed by atoms with van der Waals surface area (Å²) >= 11 is 0. The second-order valence-corrected chi connectivity index (χ2v) is 4.30. The van der Waals surface area contributed by atoms with Gasteiger partial charge in [-0.25, -0.2) is 4.79 Å². The number of carbonyl (C=O) groups is 5. The molecule has 0 saturated carbocycles. The van der Waals surface area contributed by atoms with Crippen LogP contribution in [-0.4, -0.2) is 63.7 Å². The van der Waals surface area contributed by atoms with Gasteiger partial charge in [0.05, 0.1) is 18.9 Å². The highest BCUT2D eigenvalue weighted by atomic mass is 16.4. The van der Waals surface area contributed by atoms with Gasteiger partial charge in [0.25, 0.3) is 0 Å². The average molecular weight is 319 g/mol. The zero-order valence-corrected chi connectivity index (χ0v) is 11.4. The molecule has 124 valence electrons. The molecule has 11 heteroatoms. The number of carboxylic acids is 3. The van der Waals surface area contributed by atoms with E-state index in [1.165, 1.54) is 0 Å². The van der Waals surface area contributed by atoms with Gasteiger partial charge >= 0.3 is 17.9 Å². The molecule has 0 aliphatic heterocycles. The van der Waals surface area contributed by atoms with Crippen LogP contribution in [0.25, 0.3) is 0 Å². The molecule has 2 amide bonds. The molecule has 11 nitrogen and oxygen atoms in total. The monoisotopic (exact) mass is 319 g/mol. The third kappa shape index (κ3) is 8.47. The van der Waals surface area contributed by atoms with Crippen molar-refractivity contribution in [2.45, 2.75) is 31.3 Å². The summed E-state index contributed by atoms with van der Waals surface area (Å²) in [6, 6.07) is -2.84. The van der Waals surface area contributed by atoms with Crippen molar-refractivity contribution in [1.82, 2.24) is 10.6 Å². The molecule has 2 atom stereocenters. The lowest BCUT2D eigenvalue weighted by atomic mass is 10.2. The van der Waals surface area contributed by atoms with Crippen molar-refractivity contribution in [2.75, 3.05) is 6.54 Å². The molecule has 0 aromatic rings. The molecule has 0 aromatic carbocycles. The Morgan fingerprint density at radius 2 is 1.50 bits per heavy atom. The summed E-state index contributed by atoms with van der Waals surface area (Å²) in [5.41, 5.74) is 5.27. The average Bonchev–Trinajstić information content (AvgIpc) is 2.36. The smallest absolute Gasteiger partial charge is 0.326 e. The van der Waals surface area contributed by atoms with Gasteiger partial charge < -0.3 is 31.7 Å². The number of aliphatic carboxylic acids is 3. The maximum atomic E-state index is 11.4. The second kappa shape index (κ2) is 9.28. The molecule has 0 bridgehead atoms. The zero-order valence-electron chi connectivity index (χ0n) is 11.4. The predicted octanol–water partition coefficient (Wildman–Crippen LogP) is -2.66. The van der Waals surface area contributed by atoms with Gasteiger partial charge in [-0.2, -0.15) is 0 Å². The molecular formula is C11H17N3O8. The first-order valence-electron chi connectivity index (χ1n) is 6.12. The van der Waals surface area contributed by atoms with Crippen molar-refractivity contribution in [2.24, 2.45) is 5.73 Å². The maximum absolute atomic E-state index is 11.4. The number of carboxylic acid groups (broad SMARTS) is 3. The number of amides is 2. The van der Waals surface area contributed by atoms with Crippen molar-refractivity contribution in [1.29, 1.82) is 0 Å². The molecule has 0 radical (unpaired) electrons. The molecule has 0 heterocycles. The SMILES string of the molecule is N[C@@H](CC(=O)O)C(=O)NCCC(=O)N[C@@H](CC(=O)O)C(=O)O. The number of rotatable bonds is 10. The highest BCUT2D eigenvalue weighted by Crippen LogP contribution is 1.94. The van der Waals surface area contributed by atoms with Crippen molar-refractivity contribution in [3.63, 3.8) is 0 Å². The van der Waals surface area contributed by atoms with E-state index in [1.54, 1.807) is 0 Å². The summed E-state index contributed by atoms with van der Waals surface area (Å²) in [6.07, 6.45) is -1.66. The number of nitrogens with two attached hydrogens (primary N) is 1. The molecule has 0 rings (SSSR count). The van der Waals surface area contributed by atoms with Crippen LogP contribution in [0.15, 0.2) is 0 Å². The highest BCUT2D eigenvalue weighted by Gasteiger charge is 2.23. The summed E-state index contributed by atoms with van der Waals surface area (Å²) in [5.74, 6) is -5.68. The number of hydrogen-bond donors (Lipinski definition) is 6. The molecular weight excluding hydrogens is 302 g/mol. The lowest BCUT2D eigenvalue weighted by Crippen LogP contribution is -2.45. The van der Waals surface area contributed by atoms with Crippen molar-refractivity contribution >= 4 is 29.7 Å². The van der Waals surface area contributed by atoms with E-state index in [0.29, 0.717) is 0 Å². The third-order valence-electron chi connectivity index (χ3n) is 2.39. The van der Waals surface area contributed by atoms with Crippen LogP contribution in [0.5, 0.6) is 0 Å². The Labute approximate surface area is 124 Å². The molecule has 22 heavy (non-hydrogen) atoms. The van der Waals surface area contributed by atoms with E-state index >= 15 is 0 Å². The van der Waals surface area contributed by atoms with Gasteiger partial charge in [0, 0.05) is 13.0 Å². The summed E-state index contributed by atoms with van der Waals surface area (Å²) in [4.78, 5) is 54.3. The maximum Gasteiger partial charge on any atom is 0.326 e. The fourth-order valence-electron chi connectivity index (χ4n) is 1.35. The first kappa shape index (κ1) is 19.3. The molecule has 0 unspecified atom stereocenters. The van der Waals surface area contributed by atoms with Crippen LogP contribution in [0.1, 0.15) is 19.3 Å². The van der Waals surface area contributed by atoms with Gasteiger partial charge in [0.1, 0.15) is 6.04 Å².